The van der Waals surface area contributed by atoms with Crippen LogP contribution >= 0.6 is 0 Å². The molecular weight excluding hydrogens is 564 g/mol. The molecule has 2 aliphatic carbocycles. The molecule has 4 heteroatoms. The van der Waals surface area contributed by atoms with Crippen LogP contribution in [0.5, 0.6) is 23.0 Å². The van der Waals surface area contributed by atoms with Gasteiger partial charge in [-0.05, 0) is 140 Å². The Hall–Kier alpha value is -3.92. The molecule has 6 rings (SSSR count). The zero-order chi connectivity index (χ0) is 31.8. The average molecular weight is 617 g/mol. The summed E-state index contributed by atoms with van der Waals surface area (Å²) >= 11 is 0. The molecule has 0 amide bonds. The van der Waals surface area contributed by atoms with Crippen molar-refractivity contribution in [1.29, 1.82) is 0 Å². The molecule has 0 bridgehead atoms. The van der Waals surface area contributed by atoms with E-state index in [1.54, 1.807) is 0 Å². The minimum absolute atomic E-state index is 0.0214. The van der Waals surface area contributed by atoms with Gasteiger partial charge in [-0.1, -0.05) is 76.1 Å². The van der Waals surface area contributed by atoms with Crippen molar-refractivity contribution in [2.45, 2.75) is 95.8 Å². The summed E-state index contributed by atoms with van der Waals surface area (Å²) in [6.45, 7) is 2.31. The molecule has 2 saturated carbocycles. The number of nitrogen functional groups attached to an aromatic ring is 2. The first-order valence-corrected chi connectivity index (χ1v) is 17.8. The standard InChI is InChI=1S/C42H52N2O2/c1-2-3-4-5-6-31-7-9-32(10-8-31)33-27-29-42(30-28-33,34-11-19-38(20-12-34)45-40-23-15-36(43)16-24-40)35-13-21-39(22-14-35)46-41-25-17-37(44)18-26-41/h11-26,31-33H,2-10,27-30,43-44H2,1H3. The van der Waals surface area contributed by atoms with Gasteiger partial charge in [0.25, 0.3) is 0 Å². The van der Waals surface area contributed by atoms with Crippen molar-refractivity contribution >= 4 is 11.4 Å². The van der Waals surface area contributed by atoms with Crippen LogP contribution in [0.3, 0.4) is 0 Å². The van der Waals surface area contributed by atoms with Crippen molar-refractivity contribution in [3.8, 4) is 23.0 Å². The van der Waals surface area contributed by atoms with Crippen LogP contribution in [0.4, 0.5) is 11.4 Å². The molecule has 0 atom stereocenters. The fourth-order valence-corrected chi connectivity index (χ4v) is 8.18. The van der Waals surface area contributed by atoms with Crippen molar-refractivity contribution in [2.24, 2.45) is 17.8 Å². The molecule has 0 unspecified atom stereocenters. The van der Waals surface area contributed by atoms with E-state index in [2.05, 4.69) is 55.5 Å². The van der Waals surface area contributed by atoms with Crippen molar-refractivity contribution in [2.75, 3.05) is 11.5 Å². The van der Waals surface area contributed by atoms with Gasteiger partial charge in [0.2, 0.25) is 0 Å². The highest BCUT2D eigenvalue weighted by atomic mass is 16.5. The lowest BCUT2D eigenvalue weighted by molar-refractivity contribution is 0.140. The van der Waals surface area contributed by atoms with Crippen LogP contribution in [0.1, 0.15) is 102 Å². The number of nitrogens with two attached hydrogens (primary N) is 2. The number of rotatable bonds is 12. The fraction of sp³-hybridized carbons (Fsp3) is 0.429. The van der Waals surface area contributed by atoms with Crippen LogP contribution in [-0.2, 0) is 5.41 Å². The van der Waals surface area contributed by atoms with E-state index in [0.717, 1.165) is 52.1 Å². The van der Waals surface area contributed by atoms with Crippen LogP contribution in [0.15, 0.2) is 97.1 Å². The molecule has 0 spiro atoms. The molecule has 2 aliphatic rings. The summed E-state index contributed by atoms with van der Waals surface area (Å²) in [5.41, 5.74) is 15.9. The Labute approximate surface area is 276 Å². The van der Waals surface area contributed by atoms with E-state index in [9.17, 15) is 0 Å². The van der Waals surface area contributed by atoms with Gasteiger partial charge < -0.3 is 20.9 Å². The molecule has 242 valence electrons. The number of hydrogen-bond acceptors (Lipinski definition) is 4. The van der Waals surface area contributed by atoms with Crippen LogP contribution in [-0.4, -0.2) is 0 Å². The predicted octanol–water partition coefficient (Wildman–Crippen LogP) is 11.7. The van der Waals surface area contributed by atoms with E-state index in [1.807, 2.05) is 48.5 Å². The van der Waals surface area contributed by atoms with E-state index in [1.165, 1.54) is 94.6 Å². The minimum atomic E-state index is -0.0214. The fourth-order valence-electron chi connectivity index (χ4n) is 8.18. The molecule has 4 nitrogen and oxygen atoms in total. The Bertz CT molecular complexity index is 1390. The van der Waals surface area contributed by atoms with Gasteiger partial charge in [-0.25, -0.2) is 0 Å². The van der Waals surface area contributed by atoms with Crippen LogP contribution < -0.4 is 20.9 Å². The molecule has 46 heavy (non-hydrogen) atoms. The SMILES string of the molecule is CCCCCCC1CCC(C2CCC(c3ccc(Oc4ccc(N)cc4)cc3)(c3ccc(Oc4ccc(N)cc4)cc3)CC2)CC1. The maximum atomic E-state index is 6.16. The summed E-state index contributed by atoms with van der Waals surface area (Å²) in [5.74, 6) is 5.99. The molecule has 0 radical (unpaired) electrons. The number of unbranched alkanes of at least 4 members (excludes halogenated alkanes) is 3. The second-order valence-electron chi connectivity index (χ2n) is 13.9. The molecule has 2 fully saturated rings. The highest BCUT2D eigenvalue weighted by molar-refractivity contribution is 5.47. The molecular formula is C42H52N2O2. The van der Waals surface area contributed by atoms with Gasteiger partial charge >= 0.3 is 0 Å². The molecule has 0 aliphatic heterocycles. The highest BCUT2D eigenvalue weighted by Gasteiger charge is 2.41. The summed E-state index contributed by atoms with van der Waals surface area (Å²) in [5, 5.41) is 0. The van der Waals surface area contributed by atoms with Gasteiger partial charge in [-0.2, -0.15) is 0 Å². The Morgan fingerprint density at radius 2 is 0.935 bits per heavy atom. The smallest absolute Gasteiger partial charge is 0.127 e. The summed E-state index contributed by atoms with van der Waals surface area (Å²) in [6.07, 6.45) is 17.7. The molecule has 4 aromatic rings. The Morgan fingerprint density at radius 3 is 1.37 bits per heavy atom. The van der Waals surface area contributed by atoms with Gasteiger partial charge in [0.1, 0.15) is 23.0 Å². The van der Waals surface area contributed by atoms with Gasteiger partial charge in [-0.3, -0.25) is 0 Å². The maximum Gasteiger partial charge on any atom is 0.127 e. The van der Waals surface area contributed by atoms with Crippen LogP contribution in [0.25, 0.3) is 0 Å². The molecule has 4 N–H and O–H groups in total. The van der Waals surface area contributed by atoms with Crippen LogP contribution in [0, 0.1) is 17.8 Å². The molecule has 0 aromatic heterocycles. The Balaban J connectivity index is 1.16. The first-order chi connectivity index (χ1) is 22.5. The van der Waals surface area contributed by atoms with E-state index in [4.69, 9.17) is 20.9 Å². The largest absolute Gasteiger partial charge is 0.457 e. The zero-order valence-electron chi connectivity index (χ0n) is 27.6. The first-order valence-electron chi connectivity index (χ1n) is 17.8. The Kier molecular flexibility index (Phi) is 10.5. The summed E-state index contributed by atoms with van der Waals surface area (Å²) in [4.78, 5) is 0. The van der Waals surface area contributed by atoms with Gasteiger partial charge in [0.05, 0.1) is 0 Å². The normalized spacial score (nSPS) is 19.8. The lowest BCUT2D eigenvalue weighted by Crippen LogP contribution is -2.35. The summed E-state index contributed by atoms with van der Waals surface area (Å²) in [7, 11) is 0. The van der Waals surface area contributed by atoms with E-state index >= 15 is 0 Å². The lowest BCUT2D eigenvalue weighted by Gasteiger charge is -2.44. The van der Waals surface area contributed by atoms with E-state index in [0.29, 0.717) is 0 Å². The van der Waals surface area contributed by atoms with Crippen molar-refractivity contribution < 1.29 is 9.47 Å². The number of ether oxygens (including phenoxy) is 2. The zero-order valence-corrected chi connectivity index (χ0v) is 27.6. The average Bonchev–Trinajstić information content (AvgIpc) is 3.10. The topological polar surface area (TPSA) is 70.5 Å². The third-order valence-electron chi connectivity index (χ3n) is 11.0. The van der Waals surface area contributed by atoms with Gasteiger partial charge in [0.15, 0.2) is 0 Å². The van der Waals surface area contributed by atoms with Gasteiger partial charge in [0, 0.05) is 16.8 Å². The summed E-state index contributed by atoms with van der Waals surface area (Å²) < 4.78 is 12.3. The molecule has 4 aromatic carbocycles. The molecule has 0 saturated heterocycles. The quantitative estimate of drug-likeness (QED) is 0.123. The number of hydrogen-bond donors (Lipinski definition) is 2. The molecule has 0 heterocycles. The lowest BCUT2D eigenvalue weighted by atomic mass is 9.60. The van der Waals surface area contributed by atoms with E-state index < -0.39 is 0 Å². The number of anilines is 2. The second kappa shape index (κ2) is 15.1. The number of benzene rings is 4. The van der Waals surface area contributed by atoms with Crippen LogP contribution in [0.2, 0.25) is 0 Å². The maximum absolute atomic E-state index is 6.16. The summed E-state index contributed by atoms with van der Waals surface area (Å²) in [6, 6.07) is 32.8. The van der Waals surface area contributed by atoms with E-state index in [-0.39, 0.29) is 5.41 Å². The predicted molar refractivity (Wildman–Crippen MR) is 192 cm³/mol. The highest BCUT2D eigenvalue weighted by Crippen LogP contribution is 2.51. The third-order valence-corrected chi connectivity index (χ3v) is 11.0. The first kappa shape index (κ1) is 32.0. The van der Waals surface area contributed by atoms with Crippen molar-refractivity contribution in [3.05, 3.63) is 108 Å². The second-order valence-corrected chi connectivity index (χ2v) is 13.9. The van der Waals surface area contributed by atoms with Gasteiger partial charge in [-0.15, -0.1) is 0 Å². The monoisotopic (exact) mass is 616 g/mol. The Morgan fingerprint density at radius 1 is 0.522 bits per heavy atom. The van der Waals surface area contributed by atoms with Crippen molar-refractivity contribution in [3.63, 3.8) is 0 Å². The third kappa shape index (κ3) is 7.89. The minimum Gasteiger partial charge on any atom is -0.457 e. The van der Waals surface area contributed by atoms with Crippen molar-refractivity contribution in [1.82, 2.24) is 0 Å².